The van der Waals surface area contributed by atoms with Crippen LogP contribution in [0.4, 0.5) is 0 Å². The highest BCUT2D eigenvalue weighted by atomic mass is 16.2. The van der Waals surface area contributed by atoms with E-state index in [0.29, 0.717) is 11.8 Å². The van der Waals surface area contributed by atoms with E-state index in [0.717, 1.165) is 13.0 Å². The first-order valence-electron chi connectivity index (χ1n) is 4.61. The van der Waals surface area contributed by atoms with Gasteiger partial charge in [-0.2, -0.15) is 5.26 Å². The number of carbonyl (C=O) groups is 1. The molecule has 0 aromatic carbocycles. The summed E-state index contributed by atoms with van der Waals surface area (Å²) in [4.78, 5) is 13.2. The number of nitrogens with zero attached hydrogens (tertiary/aromatic N) is 2. The standard InChI is InChI=1S/C9H13N3O/c1-5(11)9(13)12-4-6-2-7(6)8(12)3-10/h5-8H,2,4,11H2,1H3/t5-,6+,7+,8?/m0/s1. The van der Waals surface area contributed by atoms with Crippen molar-refractivity contribution >= 4 is 5.91 Å². The normalized spacial score (nSPS) is 37.9. The summed E-state index contributed by atoms with van der Waals surface area (Å²) in [6.45, 7) is 2.41. The molecule has 1 amide bonds. The van der Waals surface area contributed by atoms with Crippen molar-refractivity contribution in [2.45, 2.75) is 25.4 Å². The van der Waals surface area contributed by atoms with Gasteiger partial charge in [-0.25, -0.2) is 0 Å². The fraction of sp³-hybridized carbons (Fsp3) is 0.778. The minimum atomic E-state index is -0.478. The van der Waals surface area contributed by atoms with Crippen LogP contribution < -0.4 is 5.73 Å². The molecule has 4 nitrogen and oxygen atoms in total. The quantitative estimate of drug-likeness (QED) is 0.601. The highest BCUT2D eigenvalue weighted by Crippen LogP contribution is 2.49. The second kappa shape index (κ2) is 2.71. The van der Waals surface area contributed by atoms with E-state index < -0.39 is 6.04 Å². The first-order chi connectivity index (χ1) is 6.15. The van der Waals surface area contributed by atoms with Gasteiger partial charge < -0.3 is 10.6 Å². The molecular weight excluding hydrogens is 166 g/mol. The predicted molar refractivity (Wildman–Crippen MR) is 46.4 cm³/mol. The molecule has 1 aliphatic heterocycles. The largest absolute Gasteiger partial charge is 0.325 e. The van der Waals surface area contributed by atoms with Crippen molar-refractivity contribution in [1.82, 2.24) is 4.90 Å². The molecule has 0 aromatic rings. The molecule has 2 aliphatic rings. The molecule has 1 saturated heterocycles. The van der Waals surface area contributed by atoms with Gasteiger partial charge in [0.15, 0.2) is 0 Å². The van der Waals surface area contributed by atoms with Crippen LogP contribution in [0.3, 0.4) is 0 Å². The maximum absolute atomic E-state index is 11.5. The summed E-state index contributed by atoms with van der Waals surface area (Å²) in [5.74, 6) is 0.929. The summed E-state index contributed by atoms with van der Waals surface area (Å²) in [6.07, 6.45) is 1.11. The van der Waals surface area contributed by atoms with Gasteiger partial charge in [0.25, 0.3) is 0 Å². The van der Waals surface area contributed by atoms with Crippen LogP contribution in [0.2, 0.25) is 0 Å². The predicted octanol–water partition coefficient (Wildman–Crippen LogP) is -0.296. The molecule has 70 valence electrons. The Morgan fingerprint density at radius 2 is 2.46 bits per heavy atom. The number of nitrogens with two attached hydrogens (primary N) is 1. The maximum Gasteiger partial charge on any atom is 0.240 e. The van der Waals surface area contributed by atoms with Crippen molar-refractivity contribution < 1.29 is 4.79 Å². The van der Waals surface area contributed by atoms with Crippen molar-refractivity contribution in [3.63, 3.8) is 0 Å². The van der Waals surface area contributed by atoms with Crippen LogP contribution in [0.5, 0.6) is 0 Å². The maximum atomic E-state index is 11.5. The number of amides is 1. The minimum Gasteiger partial charge on any atom is -0.325 e. The Bertz CT molecular complexity index is 281. The number of piperidine rings is 1. The molecule has 2 rings (SSSR count). The van der Waals surface area contributed by atoms with E-state index >= 15 is 0 Å². The van der Waals surface area contributed by atoms with Gasteiger partial charge in [0.2, 0.25) is 5.91 Å². The third-order valence-electron chi connectivity index (χ3n) is 2.95. The Morgan fingerprint density at radius 3 is 3.00 bits per heavy atom. The number of rotatable bonds is 1. The highest BCUT2D eigenvalue weighted by molar-refractivity contribution is 5.82. The summed E-state index contributed by atoms with van der Waals surface area (Å²) in [6, 6.07) is 1.51. The van der Waals surface area contributed by atoms with Crippen molar-refractivity contribution in [2.24, 2.45) is 17.6 Å². The fourth-order valence-electron chi connectivity index (χ4n) is 2.12. The third kappa shape index (κ3) is 1.20. The van der Waals surface area contributed by atoms with Crippen LogP contribution in [-0.4, -0.2) is 29.4 Å². The van der Waals surface area contributed by atoms with Crippen molar-refractivity contribution in [1.29, 1.82) is 5.26 Å². The Hall–Kier alpha value is -1.08. The zero-order chi connectivity index (χ0) is 9.59. The third-order valence-corrected chi connectivity index (χ3v) is 2.95. The molecule has 1 aliphatic carbocycles. The average Bonchev–Trinajstić information content (AvgIpc) is 2.76. The molecule has 0 bridgehead atoms. The molecule has 0 radical (unpaired) electrons. The number of hydrogen-bond donors (Lipinski definition) is 1. The Balaban J connectivity index is 2.09. The Morgan fingerprint density at radius 1 is 1.77 bits per heavy atom. The zero-order valence-electron chi connectivity index (χ0n) is 7.60. The summed E-state index contributed by atoms with van der Waals surface area (Å²) in [5.41, 5.74) is 5.49. The van der Waals surface area contributed by atoms with Gasteiger partial charge in [0, 0.05) is 6.54 Å². The number of nitriles is 1. The van der Waals surface area contributed by atoms with Gasteiger partial charge in [0.1, 0.15) is 6.04 Å². The molecule has 13 heavy (non-hydrogen) atoms. The molecule has 0 spiro atoms. The lowest BCUT2D eigenvalue weighted by atomic mass is 10.2. The second-order valence-electron chi connectivity index (χ2n) is 4.01. The summed E-state index contributed by atoms with van der Waals surface area (Å²) < 4.78 is 0. The first kappa shape index (κ1) is 8.52. The highest BCUT2D eigenvalue weighted by Gasteiger charge is 2.54. The topological polar surface area (TPSA) is 70.1 Å². The van der Waals surface area contributed by atoms with E-state index in [-0.39, 0.29) is 11.9 Å². The first-order valence-corrected chi connectivity index (χ1v) is 4.61. The molecule has 4 heteroatoms. The summed E-state index contributed by atoms with van der Waals surface area (Å²) in [7, 11) is 0. The van der Waals surface area contributed by atoms with Gasteiger partial charge in [-0.05, 0) is 25.2 Å². The molecule has 2 N–H and O–H groups in total. The van der Waals surface area contributed by atoms with E-state index in [9.17, 15) is 4.79 Å². The second-order valence-corrected chi connectivity index (χ2v) is 4.01. The molecule has 1 saturated carbocycles. The number of carbonyl (C=O) groups excluding carboxylic acids is 1. The Labute approximate surface area is 77.3 Å². The van der Waals surface area contributed by atoms with E-state index in [4.69, 9.17) is 11.0 Å². The van der Waals surface area contributed by atoms with Crippen molar-refractivity contribution in [2.75, 3.05) is 6.54 Å². The van der Waals surface area contributed by atoms with Crippen LogP contribution in [0, 0.1) is 23.2 Å². The summed E-state index contributed by atoms with van der Waals surface area (Å²) in [5, 5.41) is 8.88. The average molecular weight is 179 g/mol. The minimum absolute atomic E-state index is 0.0845. The van der Waals surface area contributed by atoms with Crippen LogP contribution in [-0.2, 0) is 4.79 Å². The van der Waals surface area contributed by atoms with E-state index in [1.807, 2.05) is 0 Å². The Kier molecular flexibility index (Phi) is 1.77. The van der Waals surface area contributed by atoms with E-state index in [1.165, 1.54) is 0 Å². The van der Waals surface area contributed by atoms with Crippen molar-refractivity contribution in [3.05, 3.63) is 0 Å². The van der Waals surface area contributed by atoms with Crippen LogP contribution in [0.25, 0.3) is 0 Å². The molecule has 1 unspecified atom stereocenters. The van der Waals surface area contributed by atoms with E-state index in [2.05, 4.69) is 6.07 Å². The van der Waals surface area contributed by atoms with Crippen LogP contribution >= 0.6 is 0 Å². The smallest absolute Gasteiger partial charge is 0.240 e. The number of likely N-dealkylation sites (tertiary alicyclic amines) is 1. The van der Waals surface area contributed by atoms with E-state index in [1.54, 1.807) is 11.8 Å². The van der Waals surface area contributed by atoms with Gasteiger partial charge in [0.05, 0.1) is 12.1 Å². The lowest BCUT2D eigenvalue weighted by Gasteiger charge is -2.24. The number of hydrogen-bond acceptors (Lipinski definition) is 3. The monoisotopic (exact) mass is 179 g/mol. The lowest BCUT2D eigenvalue weighted by Crippen LogP contribution is -2.45. The zero-order valence-corrected chi connectivity index (χ0v) is 7.60. The van der Waals surface area contributed by atoms with Gasteiger partial charge >= 0.3 is 0 Å². The molecule has 0 aromatic heterocycles. The summed E-state index contributed by atoms with van der Waals surface area (Å²) >= 11 is 0. The number of fused-ring (bicyclic) bond motifs is 1. The van der Waals surface area contributed by atoms with Gasteiger partial charge in [-0.1, -0.05) is 0 Å². The molecule has 2 fully saturated rings. The van der Waals surface area contributed by atoms with Crippen LogP contribution in [0.1, 0.15) is 13.3 Å². The molecule has 4 atom stereocenters. The van der Waals surface area contributed by atoms with Gasteiger partial charge in [-0.3, -0.25) is 4.79 Å². The van der Waals surface area contributed by atoms with Gasteiger partial charge in [-0.15, -0.1) is 0 Å². The van der Waals surface area contributed by atoms with Crippen molar-refractivity contribution in [3.8, 4) is 6.07 Å². The van der Waals surface area contributed by atoms with Crippen LogP contribution in [0.15, 0.2) is 0 Å². The fourth-order valence-corrected chi connectivity index (χ4v) is 2.12. The molecular formula is C9H13N3O. The molecule has 1 heterocycles. The lowest BCUT2D eigenvalue weighted by molar-refractivity contribution is -0.132. The SMILES string of the molecule is C[C@H](N)C(=O)N1C[C@H]2C[C@H]2C1C#N.